The van der Waals surface area contributed by atoms with E-state index in [9.17, 15) is 10.1 Å². The summed E-state index contributed by atoms with van der Waals surface area (Å²) in [5, 5.41) is 9.44. The second-order valence-electron chi connectivity index (χ2n) is 6.79. The van der Waals surface area contributed by atoms with Crippen molar-refractivity contribution in [1.82, 2.24) is 9.55 Å². The highest BCUT2D eigenvalue weighted by Gasteiger charge is 2.25. The largest absolute Gasteiger partial charge is 0.341 e. The van der Waals surface area contributed by atoms with Crippen molar-refractivity contribution in [2.75, 3.05) is 18.0 Å². The Kier molecular flexibility index (Phi) is 5.56. The summed E-state index contributed by atoms with van der Waals surface area (Å²) in [5.41, 5.74) is 8.08. The molecule has 6 nitrogen and oxygen atoms in total. The minimum Gasteiger partial charge on any atom is -0.341 e. The quantitative estimate of drug-likeness (QED) is 0.564. The molecule has 1 saturated heterocycles. The average molecular weight is 523 g/mol. The number of thiophene rings is 1. The highest BCUT2D eigenvalue weighted by Crippen LogP contribution is 2.37. The van der Waals surface area contributed by atoms with E-state index in [1.165, 1.54) is 11.3 Å². The van der Waals surface area contributed by atoms with Gasteiger partial charge in [0, 0.05) is 19.1 Å². The van der Waals surface area contributed by atoms with Crippen LogP contribution < -0.4 is 16.2 Å². The highest BCUT2D eigenvalue weighted by atomic mass is 79.9. The molecule has 0 bridgehead atoms. The molecule has 1 atom stereocenters. The smallest absolute Gasteiger partial charge is 0.273 e. The van der Waals surface area contributed by atoms with Crippen molar-refractivity contribution in [3.05, 3.63) is 54.0 Å². The van der Waals surface area contributed by atoms with E-state index in [1.54, 1.807) is 10.6 Å². The summed E-state index contributed by atoms with van der Waals surface area (Å²) in [5.74, 6) is 0.603. The van der Waals surface area contributed by atoms with Crippen molar-refractivity contribution in [1.29, 1.82) is 5.26 Å². The van der Waals surface area contributed by atoms with Gasteiger partial charge in [-0.3, -0.25) is 9.36 Å². The van der Waals surface area contributed by atoms with Gasteiger partial charge in [0.2, 0.25) is 5.95 Å². The topological polar surface area (TPSA) is 87.9 Å². The Bertz CT molecular complexity index is 1150. The van der Waals surface area contributed by atoms with E-state index in [-0.39, 0.29) is 11.6 Å². The fourth-order valence-corrected chi connectivity index (χ4v) is 5.65. The molecule has 1 aliphatic heterocycles. The minimum absolute atomic E-state index is 0.0545. The molecule has 1 aromatic carbocycles. The van der Waals surface area contributed by atoms with Crippen LogP contribution >= 0.6 is 43.2 Å². The van der Waals surface area contributed by atoms with Gasteiger partial charge in [0.05, 0.1) is 26.4 Å². The number of rotatable bonds is 3. The molecule has 1 aliphatic rings. The van der Waals surface area contributed by atoms with E-state index in [1.807, 2.05) is 18.2 Å². The molecule has 2 aromatic heterocycles. The zero-order valence-electron chi connectivity index (χ0n) is 14.9. The molecule has 0 radical (unpaired) electrons. The molecule has 3 aromatic rings. The highest BCUT2D eigenvalue weighted by molar-refractivity contribution is 9.13. The van der Waals surface area contributed by atoms with Gasteiger partial charge in [0.1, 0.15) is 10.2 Å². The van der Waals surface area contributed by atoms with Gasteiger partial charge in [0.25, 0.3) is 5.56 Å². The molecular weight excluding hydrogens is 506 g/mol. The summed E-state index contributed by atoms with van der Waals surface area (Å²) in [7, 11) is 0. The predicted octanol–water partition coefficient (Wildman–Crippen LogP) is 3.83. The second kappa shape index (κ2) is 7.95. The average Bonchev–Trinajstić information content (AvgIpc) is 2.99. The van der Waals surface area contributed by atoms with Gasteiger partial charge in [-0.1, -0.05) is 18.2 Å². The third kappa shape index (κ3) is 3.50. The van der Waals surface area contributed by atoms with Crippen molar-refractivity contribution in [2.45, 2.75) is 25.4 Å². The number of piperidine rings is 1. The first-order chi connectivity index (χ1) is 13.5. The standard InChI is InChI=1S/C19H17Br2N5OS/c20-14-15-16(28-17(14)21)18(27)26(9-12-5-2-1-4-11(12)8-22)19(24-15)25-7-3-6-13(23)10-25/h1-2,4-5,13H,3,6-7,9-10,23H2. The number of nitrogens with two attached hydrogens (primary N) is 1. The maximum Gasteiger partial charge on any atom is 0.273 e. The van der Waals surface area contributed by atoms with Crippen LogP contribution in [0.2, 0.25) is 0 Å². The molecule has 9 heteroatoms. The Balaban J connectivity index is 1.92. The van der Waals surface area contributed by atoms with Gasteiger partial charge in [-0.15, -0.1) is 11.3 Å². The zero-order chi connectivity index (χ0) is 19.8. The van der Waals surface area contributed by atoms with Crippen LogP contribution in [0.25, 0.3) is 10.2 Å². The van der Waals surface area contributed by atoms with Crippen molar-refractivity contribution < 1.29 is 0 Å². The molecule has 1 fully saturated rings. The first-order valence-corrected chi connectivity index (χ1v) is 11.3. The number of aromatic nitrogens is 2. The monoisotopic (exact) mass is 521 g/mol. The molecular formula is C19H17Br2N5OS. The Hall–Kier alpha value is -1.73. The number of anilines is 1. The van der Waals surface area contributed by atoms with Crippen LogP contribution in [0.3, 0.4) is 0 Å². The Morgan fingerprint density at radius 1 is 1.36 bits per heavy atom. The number of hydrogen-bond donors (Lipinski definition) is 1. The number of benzene rings is 1. The predicted molar refractivity (Wildman–Crippen MR) is 119 cm³/mol. The van der Waals surface area contributed by atoms with Gasteiger partial charge in [-0.05, 0) is 56.3 Å². The summed E-state index contributed by atoms with van der Waals surface area (Å²) in [6.45, 7) is 1.74. The Labute approximate surface area is 182 Å². The molecule has 0 saturated carbocycles. The fraction of sp³-hybridized carbons (Fsp3) is 0.316. The molecule has 2 N–H and O–H groups in total. The summed E-state index contributed by atoms with van der Waals surface area (Å²) in [4.78, 5) is 20.3. The van der Waals surface area contributed by atoms with Gasteiger partial charge in [-0.2, -0.15) is 5.26 Å². The number of fused-ring (bicyclic) bond motifs is 1. The van der Waals surface area contributed by atoms with E-state index < -0.39 is 0 Å². The summed E-state index contributed by atoms with van der Waals surface area (Å²) >= 11 is 8.39. The van der Waals surface area contributed by atoms with Crippen molar-refractivity contribution >= 4 is 59.4 Å². The first kappa shape index (κ1) is 19.6. The lowest BCUT2D eigenvalue weighted by atomic mass is 10.1. The van der Waals surface area contributed by atoms with E-state index >= 15 is 0 Å². The van der Waals surface area contributed by atoms with Crippen LogP contribution in [-0.4, -0.2) is 28.7 Å². The maximum absolute atomic E-state index is 13.4. The van der Waals surface area contributed by atoms with Crippen molar-refractivity contribution in [3.8, 4) is 6.07 Å². The van der Waals surface area contributed by atoms with E-state index in [0.29, 0.717) is 34.8 Å². The number of nitriles is 1. The Morgan fingerprint density at radius 3 is 2.89 bits per heavy atom. The molecule has 0 aliphatic carbocycles. The van der Waals surface area contributed by atoms with Gasteiger partial charge in [0.15, 0.2) is 0 Å². The van der Waals surface area contributed by atoms with Crippen LogP contribution in [0.5, 0.6) is 0 Å². The van der Waals surface area contributed by atoms with E-state index in [0.717, 1.165) is 33.2 Å². The minimum atomic E-state index is -0.108. The number of halogens is 2. The van der Waals surface area contributed by atoms with Crippen molar-refractivity contribution in [3.63, 3.8) is 0 Å². The van der Waals surface area contributed by atoms with E-state index in [4.69, 9.17) is 10.7 Å². The van der Waals surface area contributed by atoms with E-state index in [2.05, 4.69) is 42.8 Å². The number of hydrogen-bond acceptors (Lipinski definition) is 6. The SMILES string of the molecule is N#Cc1ccccc1Cn1c(N2CCCC(N)C2)nc2c(Br)c(Br)sc2c1=O. The van der Waals surface area contributed by atoms with Gasteiger partial charge < -0.3 is 10.6 Å². The molecule has 4 rings (SSSR count). The number of nitrogens with zero attached hydrogens (tertiary/aromatic N) is 4. The lowest BCUT2D eigenvalue weighted by molar-refractivity contribution is 0.492. The zero-order valence-corrected chi connectivity index (χ0v) is 18.8. The van der Waals surface area contributed by atoms with Crippen molar-refractivity contribution in [2.24, 2.45) is 5.73 Å². The second-order valence-corrected chi connectivity index (χ2v) is 9.92. The van der Waals surface area contributed by atoms with Gasteiger partial charge in [-0.25, -0.2) is 4.98 Å². The van der Waals surface area contributed by atoms with Crippen LogP contribution in [0.1, 0.15) is 24.0 Å². The van der Waals surface area contributed by atoms with Gasteiger partial charge >= 0.3 is 0 Å². The molecule has 144 valence electrons. The Morgan fingerprint density at radius 2 is 2.14 bits per heavy atom. The van der Waals surface area contributed by atoms with Crippen LogP contribution in [0.4, 0.5) is 5.95 Å². The maximum atomic E-state index is 13.4. The van der Waals surface area contributed by atoms with Crippen LogP contribution in [0, 0.1) is 11.3 Å². The van der Waals surface area contributed by atoms with Crippen LogP contribution in [-0.2, 0) is 6.54 Å². The summed E-state index contributed by atoms with van der Waals surface area (Å²) < 4.78 is 3.88. The molecule has 0 spiro atoms. The molecule has 3 heterocycles. The molecule has 1 unspecified atom stereocenters. The lowest BCUT2D eigenvalue weighted by Crippen LogP contribution is -2.45. The molecule has 0 amide bonds. The first-order valence-electron chi connectivity index (χ1n) is 8.86. The lowest BCUT2D eigenvalue weighted by Gasteiger charge is -2.33. The normalized spacial score (nSPS) is 17.1. The third-order valence-corrected chi connectivity index (χ3v) is 8.29. The third-order valence-electron chi connectivity index (χ3n) is 4.89. The fourth-order valence-electron chi connectivity index (χ4n) is 3.51. The molecule has 28 heavy (non-hydrogen) atoms. The summed E-state index contributed by atoms with van der Waals surface area (Å²) in [6, 6.07) is 9.61. The summed E-state index contributed by atoms with van der Waals surface area (Å²) in [6.07, 6.45) is 1.92. The van der Waals surface area contributed by atoms with Crippen LogP contribution in [0.15, 0.2) is 37.3 Å².